The quantitative estimate of drug-likeness (QED) is 0.480. The van der Waals surface area contributed by atoms with Gasteiger partial charge in [-0.3, -0.25) is 14.5 Å². The minimum Gasteiger partial charge on any atom is -0.508 e. The number of alkyl halides is 3. The number of halogens is 3. The fourth-order valence-electron chi connectivity index (χ4n) is 3.77. The summed E-state index contributed by atoms with van der Waals surface area (Å²) in [6, 6.07) is 9.06. The molecule has 2 aromatic carbocycles. The number of rotatable bonds is 5. The number of aliphatic hydroxyl groups is 1. The minimum absolute atomic E-state index is 0.0311. The Balaban J connectivity index is 1.85. The molecule has 0 bridgehead atoms. The average Bonchev–Trinajstić information content (AvgIpc) is 3.22. The lowest BCUT2D eigenvalue weighted by molar-refractivity contribution is -0.274. The number of aromatic hydroxyl groups is 1. The molecule has 2 heterocycles. The summed E-state index contributed by atoms with van der Waals surface area (Å²) < 4.78 is 42.2. The molecule has 0 radical (unpaired) electrons. The molecule has 1 atom stereocenters. The highest BCUT2D eigenvalue weighted by Crippen LogP contribution is 2.43. The van der Waals surface area contributed by atoms with Crippen molar-refractivity contribution < 1.29 is 37.7 Å². The number of amides is 1. The number of aryl methyl sites for hydroxylation is 2. The van der Waals surface area contributed by atoms with Crippen molar-refractivity contribution in [2.24, 2.45) is 0 Å². The molecule has 0 saturated carbocycles. The van der Waals surface area contributed by atoms with Gasteiger partial charge in [0.25, 0.3) is 5.91 Å². The van der Waals surface area contributed by atoms with Crippen molar-refractivity contribution in [1.82, 2.24) is 4.98 Å². The molecule has 1 aliphatic heterocycles. The van der Waals surface area contributed by atoms with Crippen LogP contribution in [-0.2, 0) is 4.79 Å². The SMILES string of the molecule is Cc1nc(C)c(C(=O)C2=C(O)C(=O)N(c3cccc(OC(F)(F)F)c3)C2c2ccc(O)cc2)s1. The third-order valence-corrected chi connectivity index (χ3v) is 6.17. The Hall–Kier alpha value is -3.86. The Bertz CT molecular complexity index is 1310. The maximum Gasteiger partial charge on any atom is 0.573 e. The van der Waals surface area contributed by atoms with Gasteiger partial charge in [0.2, 0.25) is 5.78 Å². The number of aromatic nitrogens is 1. The van der Waals surface area contributed by atoms with E-state index in [1.165, 1.54) is 36.4 Å². The van der Waals surface area contributed by atoms with Crippen LogP contribution in [0.4, 0.5) is 18.9 Å². The first-order valence-electron chi connectivity index (χ1n) is 9.86. The van der Waals surface area contributed by atoms with E-state index >= 15 is 0 Å². The molecule has 0 aliphatic carbocycles. The fraction of sp³-hybridized carbons (Fsp3) is 0.174. The second-order valence-corrected chi connectivity index (χ2v) is 8.66. The Morgan fingerprint density at radius 3 is 2.38 bits per heavy atom. The first-order chi connectivity index (χ1) is 16.0. The van der Waals surface area contributed by atoms with Gasteiger partial charge in [0.15, 0.2) is 5.76 Å². The van der Waals surface area contributed by atoms with Crippen molar-refractivity contribution in [1.29, 1.82) is 0 Å². The molecule has 1 aliphatic rings. The van der Waals surface area contributed by atoms with Gasteiger partial charge in [-0.15, -0.1) is 24.5 Å². The molecule has 11 heteroatoms. The molecule has 34 heavy (non-hydrogen) atoms. The first-order valence-corrected chi connectivity index (χ1v) is 10.7. The summed E-state index contributed by atoms with van der Waals surface area (Å²) in [5.41, 5.74) is 0.490. The highest BCUT2D eigenvalue weighted by atomic mass is 32.1. The molecular weight excluding hydrogens is 473 g/mol. The monoisotopic (exact) mass is 490 g/mol. The van der Waals surface area contributed by atoms with Gasteiger partial charge in [0.1, 0.15) is 11.5 Å². The van der Waals surface area contributed by atoms with Gasteiger partial charge in [0, 0.05) is 11.8 Å². The molecule has 7 nitrogen and oxygen atoms in total. The second kappa shape index (κ2) is 8.49. The van der Waals surface area contributed by atoms with Crippen molar-refractivity contribution >= 4 is 28.7 Å². The third-order valence-electron chi connectivity index (χ3n) is 5.10. The largest absolute Gasteiger partial charge is 0.573 e. The van der Waals surface area contributed by atoms with Gasteiger partial charge in [-0.05, 0) is 43.7 Å². The zero-order valence-corrected chi connectivity index (χ0v) is 18.6. The maximum atomic E-state index is 13.5. The fourth-order valence-corrected chi connectivity index (χ4v) is 4.64. The highest BCUT2D eigenvalue weighted by molar-refractivity contribution is 7.14. The number of carbonyl (C=O) groups excluding carboxylic acids is 2. The lowest BCUT2D eigenvalue weighted by Crippen LogP contribution is -2.31. The predicted octanol–water partition coefficient (Wildman–Crippen LogP) is 5.15. The summed E-state index contributed by atoms with van der Waals surface area (Å²) in [4.78, 5) is 32.1. The smallest absolute Gasteiger partial charge is 0.508 e. The summed E-state index contributed by atoms with van der Waals surface area (Å²) in [5.74, 6) is -3.07. The first kappa shape index (κ1) is 23.3. The van der Waals surface area contributed by atoms with Crippen LogP contribution >= 0.6 is 11.3 Å². The molecule has 4 rings (SSSR count). The molecule has 3 aromatic rings. The number of Topliss-reactive ketones (excluding diaryl/α,β-unsaturated/α-hetero) is 1. The highest BCUT2D eigenvalue weighted by Gasteiger charge is 2.45. The number of hydrogen-bond acceptors (Lipinski definition) is 7. The minimum atomic E-state index is -4.95. The Morgan fingerprint density at radius 1 is 1.12 bits per heavy atom. The Labute approximate surface area is 195 Å². The summed E-state index contributed by atoms with van der Waals surface area (Å²) in [6.45, 7) is 3.33. The standard InChI is InChI=1S/C23H17F3N2O5S/c1-11-21(34-12(2)27-11)19(30)17-18(13-6-8-15(29)9-7-13)28(22(32)20(17)31)14-4-3-5-16(10-14)33-23(24,25)26/h3-10,18,29,31H,1-2H3. The van der Waals surface area contributed by atoms with E-state index in [-0.39, 0.29) is 21.9 Å². The second-order valence-electron chi connectivity index (χ2n) is 7.45. The molecule has 0 spiro atoms. The number of anilines is 1. The lowest BCUT2D eigenvalue weighted by atomic mass is 9.94. The van der Waals surface area contributed by atoms with Crippen LogP contribution in [0.1, 0.15) is 32.0 Å². The summed E-state index contributed by atoms with van der Waals surface area (Å²) >= 11 is 1.10. The zero-order chi connectivity index (χ0) is 24.8. The van der Waals surface area contributed by atoms with E-state index in [0.717, 1.165) is 28.4 Å². The van der Waals surface area contributed by atoms with Gasteiger partial charge in [-0.2, -0.15) is 0 Å². The zero-order valence-electron chi connectivity index (χ0n) is 17.8. The van der Waals surface area contributed by atoms with Crippen LogP contribution in [0.5, 0.6) is 11.5 Å². The number of hydrogen-bond donors (Lipinski definition) is 2. The van der Waals surface area contributed by atoms with Crippen LogP contribution in [0, 0.1) is 13.8 Å². The number of ether oxygens (including phenoxy) is 1. The van der Waals surface area contributed by atoms with Crippen molar-refractivity contribution in [2.75, 3.05) is 4.90 Å². The van der Waals surface area contributed by atoms with E-state index < -0.39 is 35.6 Å². The number of carbonyl (C=O) groups is 2. The number of phenols is 1. The Kier molecular flexibility index (Phi) is 5.82. The average molecular weight is 490 g/mol. The number of aliphatic hydroxyl groups excluding tert-OH is 1. The van der Waals surface area contributed by atoms with Crippen LogP contribution in [0.25, 0.3) is 0 Å². The summed E-state index contributed by atoms with van der Waals surface area (Å²) in [5, 5.41) is 21.0. The normalized spacial score (nSPS) is 16.3. The van der Waals surface area contributed by atoms with Gasteiger partial charge in [-0.1, -0.05) is 18.2 Å². The molecule has 1 aromatic heterocycles. The van der Waals surface area contributed by atoms with Crippen molar-refractivity contribution in [3.8, 4) is 11.5 Å². The molecule has 0 saturated heterocycles. The molecule has 0 fully saturated rings. The van der Waals surface area contributed by atoms with E-state index in [1.54, 1.807) is 13.8 Å². The predicted molar refractivity (Wildman–Crippen MR) is 117 cm³/mol. The van der Waals surface area contributed by atoms with Crippen molar-refractivity contribution in [3.05, 3.63) is 81.0 Å². The van der Waals surface area contributed by atoms with Crippen molar-refractivity contribution in [3.63, 3.8) is 0 Å². The molecule has 1 amide bonds. The molecular formula is C23H17F3N2O5S. The number of benzene rings is 2. The van der Waals surface area contributed by atoms with E-state index in [9.17, 15) is 33.0 Å². The number of nitrogens with zero attached hydrogens (tertiary/aromatic N) is 2. The van der Waals surface area contributed by atoms with Crippen LogP contribution in [0.3, 0.4) is 0 Å². The van der Waals surface area contributed by atoms with Gasteiger partial charge >= 0.3 is 6.36 Å². The van der Waals surface area contributed by atoms with E-state index in [2.05, 4.69) is 9.72 Å². The van der Waals surface area contributed by atoms with Crippen LogP contribution < -0.4 is 9.64 Å². The van der Waals surface area contributed by atoms with Gasteiger partial charge in [0.05, 0.1) is 27.2 Å². The van der Waals surface area contributed by atoms with Crippen LogP contribution in [0.15, 0.2) is 59.9 Å². The van der Waals surface area contributed by atoms with E-state index in [0.29, 0.717) is 16.3 Å². The maximum absolute atomic E-state index is 13.5. The molecule has 1 unspecified atom stereocenters. The van der Waals surface area contributed by atoms with Crippen LogP contribution in [-0.4, -0.2) is 33.2 Å². The lowest BCUT2D eigenvalue weighted by Gasteiger charge is -2.27. The number of thiazole rings is 1. The number of phenolic OH excluding ortho intramolecular Hbond substituents is 1. The third kappa shape index (κ3) is 4.34. The number of ketones is 1. The summed E-state index contributed by atoms with van der Waals surface area (Å²) in [7, 11) is 0. The summed E-state index contributed by atoms with van der Waals surface area (Å²) in [6.07, 6.45) is -4.95. The van der Waals surface area contributed by atoms with E-state index in [4.69, 9.17) is 0 Å². The van der Waals surface area contributed by atoms with Gasteiger partial charge < -0.3 is 14.9 Å². The van der Waals surface area contributed by atoms with Gasteiger partial charge in [-0.25, -0.2) is 4.98 Å². The van der Waals surface area contributed by atoms with Crippen molar-refractivity contribution in [2.45, 2.75) is 26.3 Å². The van der Waals surface area contributed by atoms with Crippen LogP contribution in [0.2, 0.25) is 0 Å². The molecule has 176 valence electrons. The Morgan fingerprint density at radius 2 is 1.79 bits per heavy atom. The molecule has 2 N–H and O–H groups in total. The van der Waals surface area contributed by atoms with E-state index in [1.807, 2.05) is 0 Å². The topological polar surface area (TPSA) is 100.0 Å².